The number of carbonyl (C=O) groups excluding carboxylic acids is 1. The van der Waals surface area contributed by atoms with Crippen LogP contribution < -0.4 is 0 Å². The molecule has 1 unspecified atom stereocenters. The first-order chi connectivity index (χ1) is 9.63. The Labute approximate surface area is 122 Å². The Morgan fingerprint density at radius 1 is 1.60 bits per heavy atom. The molecule has 2 aromatic heterocycles. The van der Waals surface area contributed by atoms with Gasteiger partial charge in [0.25, 0.3) is 5.91 Å². The van der Waals surface area contributed by atoms with Gasteiger partial charge in [0.05, 0.1) is 0 Å². The molecule has 3 heterocycles. The van der Waals surface area contributed by atoms with E-state index in [0.29, 0.717) is 12.5 Å². The summed E-state index contributed by atoms with van der Waals surface area (Å²) in [6.45, 7) is 1.61. The lowest BCUT2D eigenvalue weighted by Crippen LogP contribution is -2.35. The van der Waals surface area contributed by atoms with Gasteiger partial charge in [-0.25, -0.2) is 4.98 Å². The van der Waals surface area contributed by atoms with Crippen LogP contribution in [0, 0.1) is 5.92 Å². The Bertz CT molecular complexity index is 619. The topological polar surface area (TPSA) is 51.3 Å². The predicted molar refractivity (Wildman–Crippen MR) is 74.7 cm³/mol. The van der Waals surface area contributed by atoms with Gasteiger partial charge in [-0.3, -0.25) is 4.79 Å². The van der Waals surface area contributed by atoms with Crippen LogP contribution in [0.15, 0.2) is 28.9 Å². The monoisotopic (exact) mass is 293 g/mol. The average Bonchev–Trinajstić information content (AvgIpc) is 3.05. The van der Waals surface area contributed by atoms with Gasteiger partial charge < -0.3 is 13.9 Å². The molecule has 0 bridgehead atoms. The number of aromatic nitrogens is 2. The van der Waals surface area contributed by atoms with Crippen LogP contribution >= 0.6 is 11.6 Å². The number of fused-ring (bicyclic) bond motifs is 1. The molecule has 3 rings (SSSR count). The molecule has 0 saturated carbocycles. The van der Waals surface area contributed by atoms with Crippen LogP contribution in [0.2, 0.25) is 5.22 Å². The van der Waals surface area contributed by atoms with E-state index < -0.39 is 0 Å². The zero-order valence-electron chi connectivity index (χ0n) is 11.3. The Balaban J connectivity index is 1.62. The molecule has 1 amide bonds. The first-order valence-corrected chi connectivity index (χ1v) is 7.02. The molecule has 0 aliphatic carbocycles. The summed E-state index contributed by atoms with van der Waals surface area (Å²) in [6, 6.07) is 3.19. The number of amides is 1. The van der Waals surface area contributed by atoms with Crippen LogP contribution in [-0.2, 0) is 13.0 Å². The van der Waals surface area contributed by atoms with Gasteiger partial charge in [-0.1, -0.05) is 0 Å². The van der Waals surface area contributed by atoms with Gasteiger partial charge in [0.2, 0.25) is 0 Å². The highest BCUT2D eigenvalue weighted by atomic mass is 35.5. The van der Waals surface area contributed by atoms with Crippen molar-refractivity contribution in [2.24, 2.45) is 5.92 Å². The van der Waals surface area contributed by atoms with Crippen molar-refractivity contribution in [2.45, 2.75) is 19.4 Å². The van der Waals surface area contributed by atoms with Crippen molar-refractivity contribution < 1.29 is 9.21 Å². The lowest BCUT2D eigenvalue weighted by Gasteiger charge is -2.27. The summed E-state index contributed by atoms with van der Waals surface area (Å²) >= 11 is 5.70. The maximum Gasteiger partial charge on any atom is 0.289 e. The highest BCUT2D eigenvalue weighted by Crippen LogP contribution is 2.21. The van der Waals surface area contributed by atoms with Crippen LogP contribution in [0.1, 0.15) is 22.8 Å². The standard InChI is InChI=1S/C14H16ClN3O2/c1-17(14(19)11-3-4-12(15)20-11)8-10-2-5-13-16-6-7-18(13)9-10/h3-4,6-7,10H,2,5,8-9H2,1H3. The van der Waals surface area contributed by atoms with Gasteiger partial charge in [0, 0.05) is 39.0 Å². The summed E-state index contributed by atoms with van der Waals surface area (Å²) in [5.41, 5.74) is 0. The molecule has 6 heteroatoms. The molecule has 0 N–H and O–H groups in total. The number of imidazole rings is 1. The predicted octanol–water partition coefficient (Wildman–Crippen LogP) is 2.46. The summed E-state index contributed by atoms with van der Waals surface area (Å²) in [6.07, 6.45) is 5.84. The molecule has 20 heavy (non-hydrogen) atoms. The lowest BCUT2D eigenvalue weighted by molar-refractivity contribution is 0.0729. The van der Waals surface area contributed by atoms with Gasteiger partial charge in [-0.05, 0) is 36.1 Å². The molecule has 0 saturated heterocycles. The average molecular weight is 294 g/mol. The van der Waals surface area contributed by atoms with Crippen LogP contribution in [0.25, 0.3) is 0 Å². The third-order valence-electron chi connectivity index (χ3n) is 3.70. The van der Waals surface area contributed by atoms with E-state index in [-0.39, 0.29) is 16.9 Å². The van der Waals surface area contributed by atoms with E-state index in [4.69, 9.17) is 16.0 Å². The summed E-state index contributed by atoms with van der Waals surface area (Å²) in [4.78, 5) is 18.2. The summed E-state index contributed by atoms with van der Waals surface area (Å²) in [5, 5.41) is 0.238. The summed E-state index contributed by atoms with van der Waals surface area (Å²) in [7, 11) is 1.79. The fourth-order valence-electron chi connectivity index (χ4n) is 2.67. The maximum absolute atomic E-state index is 12.2. The van der Waals surface area contributed by atoms with Gasteiger partial charge in [0.1, 0.15) is 5.82 Å². The molecule has 0 aromatic carbocycles. The van der Waals surface area contributed by atoms with E-state index in [1.54, 1.807) is 24.1 Å². The number of furan rings is 1. The Morgan fingerprint density at radius 2 is 2.45 bits per heavy atom. The van der Waals surface area contributed by atoms with Crippen LogP contribution in [0.4, 0.5) is 0 Å². The minimum Gasteiger partial charge on any atom is -0.440 e. The Hall–Kier alpha value is -1.75. The third kappa shape index (κ3) is 2.58. The highest BCUT2D eigenvalue weighted by molar-refractivity contribution is 6.29. The number of carbonyl (C=O) groups is 1. The fourth-order valence-corrected chi connectivity index (χ4v) is 2.82. The van der Waals surface area contributed by atoms with E-state index >= 15 is 0 Å². The largest absolute Gasteiger partial charge is 0.440 e. The second-order valence-electron chi connectivity index (χ2n) is 5.19. The number of hydrogen-bond acceptors (Lipinski definition) is 3. The van der Waals surface area contributed by atoms with Gasteiger partial charge in [-0.15, -0.1) is 0 Å². The normalized spacial score (nSPS) is 17.8. The van der Waals surface area contributed by atoms with E-state index in [1.165, 1.54) is 0 Å². The highest BCUT2D eigenvalue weighted by Gasteiger charge is 2.23. The fraction of sp³-hybridized carbons (Fsp3) is 0.429. The van der Waals surface area contributed by atoms with Gasteiger partial charge >= 0.3 is 0 Å². The number of halogens is 1. The van der Waals surface area contributed by atoms with Gasteiger partial charge in [0.15, 0.2) is 11.0 Å². The Kier molecular flexibility index (Phi) is 3.53. The van der Waals surface area contributed by atoms with Crippen molar-refractivity contribution in [1.82, 2.24) is 14.5 Å². The van der Waals surface area contributed by atoms with Crippen LogP contribution in [-0.4, -0.2) is 34.0 Å². The first-order valence-electron chi connectivity index (χ1n) is 6.64. The SMILES string of the molecule is CN(CC1CCc2nccn2C1)C(=O)c1ccc(Cl)o1. The van der Waals surface area contributed by atoms with Crippen LogP contribution in [0.3, 0.4) is 0 Å². The van der Waals surface area contributed by atoms with Crippen molar-refractivity contribution in [3.05, 3.63) is 41.3 Å². The quantitative estimate of drug-likeness (QED) is 0.873. The van der Waals surface area contributed by atoms with Crippen molar-refractivity contribution in [2.75, 3.05) is 13.6 Å². The third-order valence-corrected chi connectivity index (χ3v) is 3.90. The molecular formula is C14H16ClN3O2. The second-order valence-corrected chi connectivity index (χ2v) is 5.56. The van der Waals surface area contributed by atoms with Crippen LogP contribution in [0.5, 0.6) is 0 Å². The van der Waals surface area contributed by atoms with E-state index in [0.717, 1.165) is 25.2 Å². The molecular weight excluding hydrogens is 278 g/mol. The van der Waals surface area contributed by atoms with E-state index in [9.17, 15) is 4.79 Å². The smallest absolute Gasteiger partial charge is 0.289 e. The molecule has 5 nitrogen and oxygen atoms in total. The van der Waals surface area contributed by atoms with E-state index in [2.05, 4.69) is 9.55 Å². The number of nitrogens with zero attached hydrogens (tertiary/aromatic N) is 3. The summed E-state index contributed by atoms with van der Waals surface area (Å²) < 4.78 is 7.32. The minimum atomic E-state index is -0.131. The summed E-state index contributed by atoms with van der Waals surface area (Å²) in [5.74, 6) is 1.73. The molecule has 1 aliphatic heterocycles. The van der Waals surface area contributed by atoms with Crippen molar-refractivity contribution in [1.29, 1.82) is 0 Å². The zero-order chi connectivity index (χ0) is 14.1. The number of hydrogen-bond donors (Lipinski definition) is 0. The Morgan fingerprint density at radius 3 is 3.20 bits per heavy atom. The molecule has 1 aliphatic rings. The van der Waals surface area contributed by atoms with Crippen molar-refractivity contribution >= 4 is 17.5 Å². The molecule has 0 fully saturated rings. The lowest BCUT2D eigenvalue weighted by atomic mass is 9.99. The first kappa shape index (κ1) is 13.2. The maximum atomic E-state index is 12.2. The number of rotatable bonds is 3. The van der Waals surface area contributed by atoms with Crippen molar-refractivity contribution in [3.8, 4) is 0 Å². The molecule has 0 radical (unpaired) electrons. The zero-order valence-corrected chi connectivity index (χ0v) is 12.0. The molecule has 106 valence electrons. The van der Waals surface area contributed by atoms with Crippen molar-refractivity contribution in [3.63, 3.8) is 0 Å². The number of aryl methyl sites for hydroxylation is 1. The van der Waals surface area contributed by atoms with E-state index in [1.807, 2.05) is 12.4 Å². The minimum absolute atomic E-state index is 0.131. The molecule has 2 aromatic rings. The second kappa shape index (κ2) is 5.32. The van der Waals surface area contributed by atoms with Gasteiger partial charge in [-0.2, -0.15) is 0 Å². The molecule has 1 atom stereocenters. The molecule has 0 spiro atoms.